The van der Waals surface area contributed by atoms with Crippen LogP contribution in [0.15, 0.2) is 46.6 Å². The molecule has 0 atom stereocenters. The van der Waals surface area contributed by atoms with E-state index in [2.05, 4.69) is 15.2 Å². The number of aromatic nitrogens is 4. The molecule has 5 nitrogen and oxygen atoms in total. The molecule has 114 valence electrons. The number of para-hydroxylation sites is 1. The lowest BCUT2D eigenvalue weighted by atomic mass is 10.2. The lowest BCUT2D eigenvalue weighted by molar-refractivity contribution is 0.859. The van der Waals surface area contributed by atoms with Crippen molar-refractivity contribution in [2.45, 2.75) is 24.0 Å². The molecule has 0 saturated heterocycles. The first-order chi connectivity index (χ1) is 11.1. The van der Waals surface area contributed by atoms with E-state index in [4.69, 9.17) is 16.9 Å². The fourth-order valence-electron chi connectivity index (χ4n) is 2.15. The minimum absolute atomic E-state index is 0.204. The van der Waals surface area contributed by atoms with Crippen LogP contribution in [-0.2, 0) is 0 Å². The molecular weight excluding hydrogens is 330 g/mol. The maximum absolute atomic E-state index is 9.04. The molecule has 0 spiro atoms. The third-order valence-electron chi connectivity index (χ3n) is 3.27. The number of halogens is 1. The molecule has 0 aliphatic carbocycles. The zero-order valence-corrected chi connectivity index (χ0v) is 14.1. The molecule has 3 aromatic rings. The van der Waals surface area contributed by atoms with Crippen LogP contribution < -0.4 is 0 Å². The van der Waals surface area contributed by atoms with Gasteiger partial charge in [-0.2, -0.15) is 5.26 Å². The van der Waals surface area contributed by atoms with E-state index in [-0.39, 0.29) is 5.69 Å². The van der Waals surface area contributed by atoms with Gasteiger partial charge in [0.05, 0.1) is 10.7 Å². The van der Waals surface area contributed by atoms with E-state index in [9.17, 15) is 0 Å². The number of nitriles is 1. The zero-order chi connectivity index (χ0) is 16.4. The van der Waals surface area contributed by atoms with Crippen molar-refractivity contribution in [3.63, 3.8) is 0 Å². The molecule has 0 aliphatic rings. The largest absolute Gasteiger partial charge is 0.274 e. The Morgan fingerprint density at radius 3 is 2.65 bits per heavy atom. The van der Waals surface area contributed by atoms with Gasteiger partial charge in [0, 0.05) is 0 Å². The molecular formula is C16H12ClN5S. The van der Waals surface area contributed by atoms with Gasteiger partial charge in [0.25, 0.3) is 0 Å². The van der Waals surface area contributed by atoms with Crippen LogP contribution >= 0.6 is 23.4 Å². The van der Waals surface area contributed by atoms with Gasteiger partial charge in [0.2, 0.25) is 5.16 Å². The normalized spacial score (nSPS) is 10.5. The summed E-state index contributed by atoms with van der Waals surface area (Å²) < 4.78 is 1.97. The summed E-state index contributed by atoms with van der Waals surface area (Å²) in [4.78, 5) is 4.24. The summed E-state index contributed by atoms with van der Waals surface area (Å²) in [5.41, 5.74) is 2.35. The van der Waals surface area contributed by atoms with Crippen molar-refractivity contribution < 1.29 is 0 Å². The summed E-state index contributed by atoms with van der Waals surface area (Å²) in [7, 11) is 0. The highest BCUT2D eigenvalue weighted by Crippen LogP contribution is 2.29. The van der Waals surface area contributed by atoms with E-state index >= 15 is 0 Å². The first-order valence-electron chi connectivity index (χ1n) is 6.82. The third-order valence-corrected chi connectivity index (χ3v) is 4.46. The van der Waals surface area contributed by atoms with E-state index in [1.165, 1.54) is 11.8 Å². The molecule has 0 radical (unpaired) electrons. The van der Waals surface area contributed by atoms with Crippen molar-refractivity contribution in [3.8, 4) is 11.8 Å². The van der Waals surface area contributed by atoms with Crippen molar-refractivity contribution in [3.05, 3.63) is 58.5 Å². The van der Waals surface area contributed by atoms with Crippen molar-refractivity contribution in [2.24, 2.45) is 0 Å². The van der Waals surface area contributed by atoms with Crippen LogP contribution in [0.2, 0.25) is 5.02 Å². The topological polar surface area (TPSA) is 67.4 Å². The average molecular weight is 342 g/mol. The van der Waals surface area contributed by atoms with Gasteiger partial charge in [-0.25, -0.2) is 4.98 Å². The quantitative estimate of drug-likeness (QED) is 0.721. The number of benzene rings is 1. The molecule has 7 heteroatoms. The predicted molar refractivity (Wildman–Crippen MR) is 88.9 cm³/mol. The van der Waals surface area contributed by atoms with Crippen LogP contribution in [0.1, 0.15) is 17.1 Å². The Bertz CT molecular complexity index is 913. The minimum Gasteiger partial charge on any atom is -0.274 e. The number of hydrogen-bond acceptors (Lipinski definition) is 5. The SMILES string of the molecule is Cc1ccccc1-n1c(C)nnc1Sc1ccc(Cl)c(C#N)n1. The summed E-state index contributed by atoms with van der Waals surface area (Å²) in [6.45, 7) is 3.94. The monoisotopic (exact) mass is 341 g/mol. The summed E-state index contributed by atoms with van der Waals surface area (Å²) in [6.07, 6.45) is 0. The molecule has 2 heterocycles. The maximum atomic E-state index is 9.04. The second kappa shape index (κ2) is 6.41. The zero-order valence-electron chi connectivity index (χ0n) is 12.5. The van der Waals surface area contributed by atoms with Gasteiger partial charge >= 0.3 is 0 Å². The Morgan fingerprint density at radius 2 is 1.91 bits per heavy atom. The molecule has 0 aliphatic heterocycles. The van der Waals surface area contributed by atoms with Crippen LogP contribution in [0.5, 0.6) is 0 Å². The van der Waals surface area contributed by atoms with Crippen molar-refractivity contribution in [2.75, 3.05) is 0 Å². The maximum Gasteiger partial charge on any atom is 0.202 e. The first-order valence-corrected chi connectivity index (χ1v) is 8.02. The predicted octanol–water partition coefficient (Wildman–Crippen LogP) is 3.96. The molecule has 23 heavy (non-hydrogen) atoms. The standard InChI is InChI=1S/C16H12ClN5S/c1-10-5-3-4-6-14(10)22-11(2)20-21-16(22)23-15-8-7-12(17)13(9-18)19-15/h3-8H,1-2H3. The summed E-state index contributed by atoms with van der Waals surface area (Å²) in [5, 5.41) is 19.1. The van der Waals surface area contributed by atoms with Gasteiger partial charge in [-0.1, -0.05) is 29.8 Å². The van der Waals surface area contributed by atoms with Gasteiger partial charge in [-0.3, -0.25) is 4.57 Å². The van der Waals surface area contributed by atoms with Gasteiger partial charge < -0.3 is 0 Å². The second-order valence-electron chi connectivity index (χ2n) is 4.85. The Hall–Kier alpha value is -2.36. The van der Waals surface area contributed by atoms with Crippen molar-refractivity contribution in [1.82, 2.24) is 19.7 Å². The lowest BCUT2D eigenvalue weighted by Crippen LogP contribution is -2.01. The molecule has 0 unspecified atom stereocenters. The van der Waals surface area contributed by atoms with Gasteiger partial charge in [-0.15, -0.1) is 10.2 Å². The summed E-state index contributed by atoms with van der Waals surface area (Å²) in [6, 6.07) is 13.4. The highest BCUT2D eigenvalue weighted by Gasteiger charge is 2.15. The molecule has 0 amide bonds. The lowest BCUT2D eigenvalue weighted by Gasteiger charge is -2.10. The smallest absolute Gasteiger partial charge is 0.202 e. The molecule has 2 aromatic heterocycles. The molecule has 1 aromatic carbocycles. The molecule has 0 saturated carbocycles. The van der Waals surface area contributed by atoms with Gasteiger partial charge in [-0.05, 0) is 49.4 Å². The molecule has 0 N–H and O–H groups in total. The van der Waals surface area contributed by atoms with E-state index < -0.39 is 0 Å². The third kappa shape index (κ3) is 3.07. The van der Waals surface area contributed by atoms with Crippen LogP contribution in [0.25, 0.3) is 5.69 Å². The fraction of sp³-hybridized carbons (Fsp3) is 0.125. The Morgan fingerprint density at radius 1 is 1.13 bits per heavy atom. The van der Waals surface area contributed by atoms with Gasteiger partial charge in [0.1, 0.15) is 16.9 Å². The fourth-order valence-corrected chi connectivity index (χ4v) is 3.16. The van der Waals surface area contributed by atoms with Crippen LogP contribution in [-0.4, -0.2) is 19.7 Å². The van der Waals surface area contributed by atoms with Crippen LogP contribution in [0.4, 0.5) is 0 Å². The van der Waals surface area contributed by atoms with E-state index in [0.29, 0.717) is 15.2 Å². The number of rotatable bonds is 3. The summed E-state index contributed by atoms with van der Waals surface area (Å²) in [5.74, 6) is 0.788. The van der Waals surface area contributed by atoms with Crippen molar-refractivity contribution >= 4 is 23.4 Å². The second-order valence-corrected chi connectivity index (χ2v) is 6.24. The van der Waals surface area contributed by atoms with E-state index in [1.807, 2.05) is 48.7 Å². The minimum atomic E-state index is 0.204. The molecule has 0 bridgehead atoms. The van der Waals surface area contributed by atoms with Crippen molar-refractivity contribution in [1.29, 1.82) is 5.26 Å². The highest BCUT2D eigenvalue weighted by molar-refractivity contribution is 7.99. The number of hydrogen-bond donors (Lipinski definition) is 0. The highest BCUT2D eigenvalue weighted by atomic mass is 35.5. The Labute approximate surface area is 143 Å². The average Bonchev–Trinajstić information content (AvgIpc) is 2.90. The van der Waals surface area contributed by atoms with E-state index in [0.717, 1.165) is 17.1 Å². The molecule has 0 fully saturated rings. The number of aryl methyl sites for hydroxylation is 2. The molecule has 3 rings (SSSR count). The van der Waals surface area contributed by atoms with Gasteiger partial charge in [0.15, 0.2) is 5.69 Å². The summed E-state index contributed by atoms with van der Waals surface area (Å²) >= 11 is 7.27. The Kier molecular flexibility index (Phi) is 4.33. The van der Waals surface area contributed by atoms with E-state index in [1.54, 1.807) is 12.1 Å². The number of nitrogens with zero attached hydrogens (tertiary/aromatic N) is 5. The first kappa shape index (κ1) is 15.5. The van der Waals surface area contributed by atoms with Crippen LogP contribution in [0, 0.1) is 25.2 Å². The number of pyridine rings is 1. The Balaban J connectivity index is 2.03. The van der Waals surface area contributed by atoms with Crippen LogP contribution in [0.3, 0.4) is 0 Å².